The van der Waals surface area contributed by atoms with Gasteiger partial charge in [0.2, 0.25) is 5.88 Å². The van der Waals surface area contributed by atoms with E-state index >= 15 is 0 Å². The van der Waals surface area contributed by atoms with E-state index in [0.717, 1.165) is 12.1 Å². The summed E-state index contributed by atoms with van der Waals surface area (Å²) in [6.07, 6.45) is 2.00. The van der Waals surface area contributed by atoms with Gasteiger partial charge in [-0.3, -0.25) is 14.9 Å². The van der Waals surface area contributed by atoms with Crippen LogP contribution < -0.4 is 4.74 Å². The predicted octanol–water partition coefficient (Wildman–Crippen LogP) is 4.21. The third-order valence-corrected chi connectivity index (χ3v) is 3.14. The molecule has 0 unspecified atom stereocenters. The number of non-ortho nitro benzene ring substituents is 1. The molecule has 0 aliphatic rings. The first-order chi connectivity index (χ1) is 9.92. The van der Waals surface area contributed by atoms with Gasteiger partial charge in [-0.15, -0.1) is 0 Å². The Labute approximate surface area is 129 Å². The number of aryl methyl sites for hydroxylation is 1. The van der Waals surface area contributed by atoms with E-state index in [1.54, 1.807) is 13.0 Å². The Morgan fingerprint density at radius 2 is 1.90 bits per heavy atom. The molecule has 0 bridgehead atoms. The van der Waals surface area contributed by atoms with Gasteiger partial charge < -0.3 is 4.74 Å². The number of nitro benzene ring substituents is 1. The summed E-state index contributed by atoms with van der Waals surface area (Å²) < 4.78 is 5.49. The maximum atomic E-state index is 10.7. The van der Waals surface area contributed by atoms with Gasteiger partial charge in [-0.05, 0) is 13.0 Å². The fourth-order valence-electron chi connectivity index (χ4n) is 1.60. The molecule has 2 rings (SSSR count). The Morgan fingerprint density at radius 3 is 2.38 bits per heavy atom. The van der Waals surface area contributed by atoms with Crippen LogP contribution in [0.5, 0.6) is 11.6 Å². The third kappa shape index (κ3) is 3.29. The molecule has 8 heteroatoms. The zero-order valence-electron chi connectivity index (χ0n) is 10.7. The van der Waals surface area contributed by atoms with Crippen molar-refractivity contribution in [2.45, 2.75) is 6.92 Å². The number of aldehydes is 1. The van der Waals surface area contributed by atoms with Crippen LogP contribution in [-0.4, -0.2) is 16.2 Å². The molecular formula is C13H8Cl2N2O4. The second-order valence-electron chi connectivity index (χ2n) is 4.11. The minimum Gasteiger partial charge on any atom is -0.436 e. The van der Waals surface area contributed by atoms with Crippen LogP contribution in [0.1, 0.15) is 15.9 Å². The molecule has 6 nitrogen and oxygen atoms in total. The average molecular weight is 327 g/mol. The highest BCUT2D eigenvalue weighted by Gasteiger charge is 2.17. The molecular weight excluding hydrogens is 319 g/mol. The van der Waals surface area contributed by atoms with Crippen molar-refractivity contribution in [3.05, 3.63) is 55.7 Å². The third-order valence-electron chi connectivity index (χ3n) is 2.58. The smallest absolute Gasteiger partial charge is 0.272 e. The van der Waals surface area contributed by atoms with Gasteiger partial charge >= 0.3 is 0 Å². The summed E-state index contributed by atoms with van der Waals surface area (Å²) in [5, 5.41) is 10.7. The fraction of sp³-hybridized carbons (Fsp3) is 0.0769. The summed E-state index contributed by atoms with van der Waals surface area (Å²) in [4.78, 5) is 24.7. The van der Waals surface area contributed by atoms with Gasteiger partial charge in [-0.2, -0.15) is 0 Å². The monoisotopic (exact) mass is 326 g/mol. The normalized spacial score (nSPS) is 10.2. The Balaban J connectivity index is 2.40. The van der Waals surface area contributed by atoms with Crippen LogP contribution in [-0.2, 0) is 0 Å². The topological polar surface area (TPSA) is 82.3 Å². The Kier molecular flexibility index (Phi) is 4.40. The van der Waals surface area contributed by atoms with Crippen molar-refractivity contribution >= 4 is 35.2 Å². The zero-order chi connectivity index (χ0) is 15.6. The number of nitrogens with zero attached hydrogens (tertiary/aromatic N) is 2. The van der Waals surface area contributed by atoms with Gasteiger partial charge in [-0.1, -0.05) is 23.2 Å². The van der Waals surface area contributed by atoms with Crippen molar-refractivity contribution in [3.8, 4) is 11.6 Å². The Bertz CT molecular complexity index is 711. The number of pyridine rings is 1. The van der Waals surface area contributed by atoms with Crippen LogP contribution in [0, 0.1) is 17.0 Å². The summed E-state index contributed by atoms with van der Waals surface area (Å²) in [6, 6.07) is 3.86. The number of ether oxygens (including phenoxy) is 1. The van der Waals surface area contributed by atoms with Gasteiger partial charge in [0.1, 0.15) is 0 Å². The minimum atomic E-state index is -0.607. The van der Waals surface area contributed by atoms with E-state index in [4.69, 9.17) is 27.9 Å². The highest BCUT2D eigenvalue weighted by molar-refractivity contribution is 6.37. The van der Waals surface area contributed by atoms with E-state index in [-0.39, 0.29) is 27.4 Å². The van der Waals surface area contributed by atoms with Gasteiger partial charge in [0.05, 0.1) is 15.0 Å². The van der Waals surface area contributed by atoms with Gasteiger partial charge in [0, 0.05) is 29.5 Å². The van der Waals surface area contributed by atoms with E-state index < -0.39 is 4.92 Å². The van der Waals surface area contributed by atoms with Crippen molar-refractivity contribution in [1.29, 1.82) is 0 Å². The van der Waals surface area contributed by atoms with Crippen LogP contribution in [0.25, 0.3) is 0 Å². The lowest BCUT2D eigenvalue weighted by Gasteiger charge is -2.10. The molecule has 1 aromatic carbocycles. The number of nitro groups is 1. The number of rotatable bonds is 4. The van der Waals surface area contributed by atoms with E-state index in [9.17, 15) is 14.9 Å². The molecule has 2 aromatic rings. The maximum Gasteiger partial charge on any atom is 0.272 e. The first-order valence-electron chi connectivity index (χ1n) is 5.65. The van der Waals surface area contributed by atoms with Crippen molar-refractivity contribution < 1.29 is 14.5 Å². The van der Waals surface area contributed by atoms with Crippen LogP contribution >= 0.6 is 23.2 Å². The number of carbonyl (C=O) groups excluding carboxylic acids is 1. The lowest BCUT2D eigenvalue weighted by Crippen LogP contribution is -1.96. The first kappa shape index (κ1) is 15.2. The molecule has 1 aromatic heterocycles. The first-order valence-corrected chi connectivity index (χ1v) is 6.41. The van der Waals surface area contributed by atoms with E-state index in [2.05, 4.69) is 4.98 Å². The second-order valence-corrected chi connectivity index (χ2v) is 4.92. The number of aromatic nitrogens is 1. The number of hydrogen-bond acceptors (Lipinski definition) is 5. The van der Waals surface area contributed by atoms with Crippen LogP contribution in [0.15, 0.2) is 24.4 Å². The molecule has 108 valence electrons. The highest BCUT2D eigenvalue weighted by atomic mass is 35.5. The number of hydrogen-bond donors (Lipinski definition) is 0. The van der Waals surface area contributed by atoms with Gasteiger partial charge in [0.25, 0.3) is 5.69 Å². The SMILES string of the molecule is Cc1cc(C=O)cnc1Oc1c(Cl)cc([N+](=O)[O-])cc1Cl. The number of carbonyl (C=O) groups is 1. The molecule has 1 heterocycles. The standard InChI is InChI=1S/C13H8Cl2N2O4/c1-7-2-8(6-18)5-16-13(7)21-12-10(14)3-9(17(19)20)4-11(12)15/h2-6H,1H3. The van der Waals surface area contributed by atoms with Crippen molar-refractivity contribution in [2.75, 3.05) is 0 Å². The maximum absolute atomic E-state index is 10.7. The minimum absolute atomic E-state index is 0.00476. The summed E-state index contributed by atoms with van der Waals surface area (Å²) in [5.41, 5.74) is 0.768. The van der Waals surface area contributed by atoms with Crippen molar-refractivity contribution in [2.24, 2.45) is 0 Å². The summed E-state index contributed by atoms with van der Waals surface area (Å²) >= 11 is 11.9. The van der Waals surface area contributed by atoms with Crippen LogP contribution in [0.4, 0.5) is 5.69 Å². The van der Waals surface area contributed by atoms with Gasteiger partial charge in [-0.25, -0.2) is 4.98 Å². The molecule has 21 heavy (non-hydrogen) atoms. The summed E-state index contributed by atoms with van der Waals surface area (Å²) in [7, 11) is 0. The molecule has 0 spiro atoms. The van der Waals surface area contributed by atoms with E-state index in [0.29, 0.717) is 17.4 Å². The molecule has 0 fully saturated rings. The quantitative estimate of drug-likeness (QED) is 0.477. The van der Waals surface area contributed by atoms with Crippen molar-refractivity contribution in [1.82, 2.24) is 4.98 Å². The Hall–Kier alpha value is -2.18. The summed E-state index contributed by atoms with van der Waals surface area (Å²) in [5.74, 6) is 0.275. The molecule has 0 amide bonds. The number of benzene rings is 1. The Morgan fingerprint density at radius 1 is 1.29 bits per heavy atom. The van der Waals surface area contributed by atoms with E-state index in [1.165, 1.54) is 6.20 Å². The lowest BCUT2D eigenvalue weighted by molar-refractivity contribution is -0.384. The predicted molar refractivity (Wildman–Crippen MR) is 77.6 cm³/mol. The molecule has 0 radical (unpaired) electrons. The fourth-order valence-corrected chi connectivity index (χ4v) is 2.15. The lowest BCUT2D eigenvalue weighted by atomic mass is 10.2. The molecule has 0 N–H and O–H groups in total. The molecule has 0 atom stereocenters. The average Bonchev–Trinajstić information content (AvgIpc) is 2.43. The molecule has 0 saturated heterocycles. The largest absolute Gasteiger partial charge is 0.436 e. The second kappa shape index (κ2) is 6.07. The van der Waals surface area contributed by atoms with Crippen LogP contribution in [0.2, 0.25) is 10.0 Å². The zero-order valence-corrected chi connectivity index (χ0v) is 12.2. The summed E-state index contributed by atoms with van der Waals surface area (Å²) in [6.45, 7) is 1.70. The molecule has 0 aliphatic carbocycles. The van der Waals surface area contributed by atoms with Crippen LogP contribution in [0.3, 0.4) is 0 Å². The van der Waals surface area contributed by atoms with Gasteiger partial charge in [0.15, 0.2) is 12.0 Å². The van der Waals surface area contributed by atoms with Crippen molar-refractivity contribution in [3.63, 3.8) is 0 Å². The molecule has 0 aliphatic heterocycles. The van der Waals surface area contributed by atoms with E-state index in [1.807, 2.05) is 0 Å². The highest BCUT2D eigenvalue weighted by Crippen LogP contribution is 2.39. The number of halogens is 2. The molecule has 0 saturated carbocycles.